The van der Waals surface area contributed by atoms with Gasteiger partial charge in [-0.05, 0) is 49.9 Å². The lowest BCUT2D eigenvalue weighted by Gasteiger charge is -2.13. The highest BCUT2D eigenvalue weighted by Crippen LogP contribution is 2.26. The molecule has 1 aromatic carbocycles. The van der Waals surface area contributed by atoms with Gasteiger partial charge in [0.25, 0.3) is 0 Å². The first-order valence-electron chi connectivity index (χ1n) is 5.94. The molecule has 0 saturated carbocycles. The van der Waals surface area contributed by atoms with Crippen LogP contribution in [0, 0.1) is 13.8 Å². The summed E-state index contributed by atoms with van der Waals surface area (Å²) in [5.41, 5.74) is 2.72. The molecule has 1 unspecified atom stereocenters. The van der Waals surface area contributed by atoms with E-state index in [1.807, 2.05) is 26.0 Å². The lowest BCUT2D eigenvalue weighted by atomic mass is 9.99. The minimum Gasteiger partial charge on any atom is -0.496 e. The Kier molecular flexibility index (Phi) is 3.48. The molecule has 17 heavy (non-hydrogen) atoms. The number of aryl methyl sites for hydroxylation is 2. The molecule has 3 heteroatoms. The molecule has 0 aliphatic carbocycles. The first kappa shape index (κ1) is 12.1. The maximum Gasteiger partial charge on any atom is 0.191 e. The van der Waals surface area contributed by atoms with E-state index < -0.39 is 0 Å². The number of rotatable bonds is 3. The van der Waals surface area contributed by atoms with Crippen LogP contribution in [0.2, 0.25) is 0 Å². The van der Waals surface area contributed by atoms with Gasteiger partial charge in [0, 0.05) is 12.2 Å². The molecule has 0 bridgehead atoms. The molecule has 1 aliphatic heterocycles. The molecule has 3 nitrogen and oxygen atoms in total. The van der Waals surface area contributed by atoms with E-state index in [1.54, 1.807) is 7.11 Å². The molecule has 0 radical (unpaired) electrons. The summed E-state index contributed by atoms with van der Waals surface area (Å²) in [7, 11) is 1.65. The lowest BCUT2D eigenvalue weighted by molar-refractivity contribution is 0.0642. The van der Waals surface area contributed by atoms with Crippen LogP contribution >= 0.6 is 0 Å². The zero-order valence-electron chi connectivity index (χ0n) is 10.6. The number of benzene rings is 1. The number of hydrogen-bond acceptors (Lipinski definition) is 3. The smallest absolute Gasteiger partial charge is 0.191 e. The van der Waals surface area contributed by atoms with Crippen molar-refractivity contribution >= 4 is 5.78 Å². The number of hydrogen-bond donors (Lipinski definition) is 0. The maximum atomic E-state index is 12.2. The van der Waals surface area contributed by atoms with Gasteiger partial charge in [0.2, 0.25) is 0 Å². The van der Waals surface area contributed by atoms with Crippen molar-refractivity contribution in [2.24, 2.45) is 0 Å². The predicted octanol–water partition coefficient (Wildman–Crippen LogP) is 2.67. The highest BCUT2D eigenvalue weighted by molar-refractivity contribution is 6.00. The monoisotopic (exact) mass is 234 g/mol. The summed E-state index contributed by atoms with van der Waals surface area (Å²) >= 11 is 0. The van der Waals surface area contributed by atoms with Gasteiger partial charge in [-0.3, -0.25) is 4.79 Å². The predicted molar refractivity (Wildman–Crippen MR) is 65.8 cm³/mol. The van der Waals surface area contributed by atoms with E-state index in [0.29, 0.717) is 6.61 Å². The van der Waals surface area contributed by atoms with Crippen LogP contribution in [0.15, 0.2) is 12.1 Å². The van der Waals surface area contributed by atoms with E-state index in [2.05, 4.69) is 0 Å². The Bertz CT molecular complexity index is 408. The minimum atomic E-state index is -0.248. The Morgan fingerprint density at radius 3 is 2.47 bits per heavy atom. The van der Waals surface area contributed by atoms with Crippen molar-refractivity contribution in [3.8, 4) is 5.75 Å². The van der Waals surface area contributed by atoms with Crippen LogP contribution in [0.1, 0.15) is 34.3 Å². The van der Waals surface area contributed by atoms with Crippen LogP contribution in [0.4, 0.5) is 0 Å². The van der Waals surface area contributed by atoms with Crippen molar-refractivity contribution in [3.63, 3.8) is 0 Å². The normalized spacial score (nSPS) is 19.4. The maximum absolute atomic E-state index is 12.2. The van der Waals surface area contributed by atoms with Gasteiger partial charge in [0.15, 0.2) is 5.78 Å². The number of ether oxygens (including phenoxy) is 2. The first-order chi connectivity index (χ1) is 8.13. The Morgan fingerprint density at radius 1 is 1.35 bits per heavy atom. The molecule has 0 spiro atoms. The summed E-state index contributed by atoms with van der Waals surface area (Å²) in [6, 6.07) is 3.77. The highest BCUT2D eigenvalue weighted by atomic mass is 16.5. The van der Waals surface area contributed by atoms with Crippen molar-refractivity contribution in [2.75, 3.05) is 13.7 Å². The largest absolute Gasteiger partial charge is 0.496 e. The number of methoxy groups -OCH3 is 1. The number of carbonyl (C=O) groups excluding carboxylic acids is 1. The molecule has 0 N–H and O–H groups in total. The van der Waals surface area contributed by atoms with E-state index in [0.717, 1.165) is 35.3 Å². The van der Waals surface area contributed by atoms with E-state index in [4.69, 9.17) is 9.47 Å². The van der Waals surface area contributed by atoms with Crippen LogP contribution < -0.4 is 4.74 Å². The van der Waals surface area contributed by atoms with Crippen molar-refractivity contribution in [1.82, 2.24) is 0 Å². The van der Waals surface area contributed by atoms with E-state index in [1.165, 1.54) is 0 Å². The zero-order valence-corrected chi connectivity index (χ0v) is 10.6. The van der Waals surface area contributed by atoms with Gasteiger partial charge in [0.1, 0.15) is 11.9 Å². The van der Waals surface area contributed by atoms with Gasteiger partial charge in [-0.2, -0.15) is 0 Å². The Hall–Kier alpha value is -1.35. The number of Topliss-reactive ketones (excluding diaryl/α,β-unsaturated/α-hetero) is 1. The summed E-state index contributed by atoms with van der Waals surface area (Å²) < 4.78 is 10.7. The third-order valence-corrected chi connectivity index (χ3v) is 3.17. The third-order valence-electron chi connectivity index (χ3n) is 3.17. The molecular weight excluding hydrogens is 216 g/mol. The molecule has 0 aromatic heterocycles. The van der Waals surface area contributed by atoms with Gasteiger partial charge < -0.3 is 9.47 Å². The molecule has 2 rings (SSSR count). The van der Waals surface area contributed by atoms with Crippen LogP contribution in [0.25, 0.3) is 0 Å². The van der Waals surface area contributed by atoms with Gasteiger partial charge in [-0.15, -0.1) is 0 Å². The fourth-order valence-electron chi connectivity index (χ4n) is 2.38. The van der Waals surface area contributed by atoms with Crippen molar-refractivity contribution in [2.45, 2.75) is 32.8 Å². The zero-order chi connectivity index (χ0) is 12.4. The Labute approximate surface area is 102 Å². The second-order valence-corrected chi connectivity index (χ2v) is 4.51. The van der Waals surface area contributed by atoms with Gasteiger partial charge in [0.05, 0.1) is 7.11 Å². The van der Waals surface area contributed by atoms with Crippen LogP contribution in [-0.4, -0.2) is 25.6 Å². The van der Waals surface area contributed by atoms with Gasteiger partial charge >= 0.3 is 0 Å². The number of ketones is 1. The second-order valence-electron chi connectivity index (χ2n) is 4.51. The third kappa shape index (κ3) is 2.34. The first-order valence-corrected chi connectivity index (χ1v) is 5.94. The van der Waals surface area contributed by atoms with Gasteiger partial charge in [-0.1, -0.05) is 0 Å². The van der Waals surface area contributed by atoms with Crippen LogP contribution in [-0.2, 0) is 4.74 Å². The average Bonchev–Trinajstić information content (AvgIpc) is 2.81. The molecular formula is C14H18O3. The molecule has 1 heterocycles. The summed E-state index contributed by atoms with van der Waals surface area (Å²) in [6.45, 7) is 4.61. The molecule has 1 atom stereocenters. The van der Waals surface area contributed by atoms with E-state index in [9.17, 15) is 4.79 Å². The van der Waals surface area contributed by atoms with Crippen molar-refractivity contribution < 1.29 is 14.3 Å². The van der Waals surface area contributed by atoms with Crippen molar-refractivity contribution in [3.05, 3.63) is 28.8 Å². The molecule has 1 saturated heterocycles. The topological polar surface area (TPSA) is 35.5 Å². The van der Waals surface area contributed by atoms with Crippen LogP contribution in [0.5, 0.6) is 5.75 Å². The average molecular weight is 234 g/mol. The summed E-state index contributed by atoms with van der Waals surface area (Å²) in [5, 5.41) is 0. The van der Waals surface area contributed by atoms with Crippen molar-refractivity contribution in [1.29, 1.82) is 0 Å². The van der Waals surface area contributed by atoms with Crippen LogP contribution in [0.3, 0.4) is 0 Å². The van der Waals surface area contributed by atoms with E-state index in [-0.39, 0.29) is 11.9 Å². The summed E-state index contributed by atoms with van der Waals surface area (Å²) in [6.07, 6.45) is 1.57. The molecule has 1 aliphatic rings. The quantitative estimate of drug-likeness (QED) is 0.754. The molecule has 1 fully saturated rings. The summed E-state index contributed by atoms with van der Waals surface area (Å²) in [4.78, 5) is 12.2. The molecule has 1 aromatic rings. The Morgan fingerprint density at radius 2 is 2.00 bits per heavy atom. The molecule has 92 valence electrons. The van der Waals surface area contributed by atoms with Gasteiger partial charge in [-0.25, -0.2) is 0 Å². The SMILES string of the molecule is COc1c(C)cc(C(=O)C2CCCO2)cc1C. The summed E-state index contributed by atoms with van der Waals surface area (Å²) in [5.74, 6) is 0.949. The van der Waals surface area contributed by atoms with E-state index >= 15 is 0 Å². The Balaban J connectivity index is 2.30. The highest BCUT2D eigenvalue weighted by Gasteiger charge is 2.25. The fourth-order valence-corrected chi connectivity index (χ4v) is 2.38. The minimum absolute atomic E-state index is 0.0938. The lowest BCUT2D eigenvalue weighted by Crippen LogP contribution is -2.19. The standard InChI is InChI=1S/C14H18O3/c1-9-7-11(8-10(2)14(9)16-3)13(15)12-5-4-6-17-12/h7-8,12H,4-6H2,1-3H3. The number of carbonyl (C=O) groups is 1. The second kappa shape index (κ2) is 4.88. The molecule has 0 amide bonds. The fraction of sp³-hybridized carbons (Fsp3) is 0.500.